The van der Waals surface area contributed by atoms with Crippen LogP contribution in [0.1, 0.15) is 26.5 Å². The molecule has 0 spiro atoms. The number of nitrogens with zero attached hydrogens (tertiary/aromatic N) is 2. The van der Waals surface area contributed by atoms with E-state index >= 15 is 0 Å². The van der Waals surface area contributed by atoms with Crippen molar-refractivity contribution < 1.29 is 4.74 Å². The molecule has 1 aromatic heterocycles. The van der Waals surface area contributed by atoms with E-state index in [9.17, 15) is 0 Å². The highest BCUT2D eigenvalue weighted by atomic mass is 35.5. The number of aromatic nitrogens is 1. The minimum absolute atomic E-state index is 0.260. The smallest absolute Gasteiger partial charge is 0.128 e. The summed E-state index contributed by atoms with van der Waals surface area (Å²) in [6.07, 6.45) is 0.260. The Labute approximate surface area is 121 Å². The summed E-state index contributed by atoms with van der Waals surface area (Å²) < 4.78 is 5.54. The van der Waals surface area contributed by atoms with E-state index in [1.54, 1.807) is 0 Å². The van der Waals surface area contributed by atoms with E-state index in [2.05, 4.69) is 22.1 Å². The average molecular weight is 286 g/mol. The summed E-state index contributed by atoms with van der Waals surface area (Å²) in [6, 6.07) is 3.84. The van der Waals surface area contributed by atoms with Gasteiger partial charge in [0.25, 0.3) is 0 Å². The number of rotatable bonds is 8. The second-order valence-corrected chi connectivity index (χ2v) is 5.13. The highest BCUT2D eigenvalue weighted by Crippen LogP contribution is 2.18. The maximum atomic E-state index is 6.14. The van der Waals surface area contributed by atoms with Crippen LogP contribution in [0.25, 0.3) is 0 Å². The van der Waals surface area contributed by atoms with E-state index in [4.69, 9.17) is 16.3 Å². The zero-order valence-electron chi connectivity index (χ0n) is 12.2. The Bertz CT molecular complexity index is 385. The number of likely N-dealkylation sites (N-methyl/N-ethyl adjacent to an activating group) is 1. The van der Waals surface area contributed by atoms with Gasteiger partial charge in [-0.05, 0) is 32.5 Å². The van der Waals surface area contributed by atoms with Crippen molar-refractivity contribution in [3.63, 3.8) is 0 Å². The van der Waals surface area contributed by atoms with Gasteiger partial charge in [0.15, 0.2) is 0 Å². The maximum Gasteiger partial charge on any atom is 0.128 e. The lowest BCUT2D eigenvalue weighted by atomic mass is 10.3. The van der Waals surface area contributed by atoms with Crippen LogP contribution < -0.4 is 10.2 Å². The number of halogens is 1. The first-order chi connectivity index (χ1) is 9.04. The first-order valence-electron chi connectivity index (χ1n) is 6.73. The van der Waals surface area contributed by atoms with Gasteiger partial charge in [-0.25, -0.2) is 4.98 Å². The lowest BCUT2D eigenvalue weighted by Gasteiger charge is -2.20. The summed E-state index contributed by atoms with van der Waals surface area (Å²) >= 11 is 6.14. The maximum absolute atomic E-state index is 6.14. The summed E-state index contributed by atoms with van der Waals surface area (Å²) in [5.41, 5.74) is 0.887. The molecule has 0 radical (unpaired) electrons. The summed E-state index contributed by atoms with van der Waals surface area (Å²) in [5.74, 6) is 0.921. The molecule has 19 heavy (non-hydrogen) atoms. The van der Waals surface area contributed by atoms with Gasteiger partial charge >= 0.3 is 0 Å². The standard InChI is InChI=1S/C14H24ClN3O/c1-5-16-10-13-12(15)6-7-14(17-13)18(4)8-9-19-11(2)3/h6-7,11,16H,5,8-10H2,1-4H3. The second-order valence-electron chi connectivity index (χ2n) is 4.72. The first kappa shape index (κ1) is 16.2. The van der Waals surface area contributed by atoms with Gasteiger partial charge in [-0.15, -0.1) is 0 Å². The van der Waals surface area contributed by atoms with Crippen LogP contribution in [-0.2, 0) is 11.3 Å². The van der Waals surface area contributed by atoms with Crippen molar-refractivity contribution in [1.29, 1.82) is 0 Å². The molecule has 0 saturated heterocycles. The van der Waals surface area contributed by atoms with Crippen molar-refractivity contribution in [2.75, 3.05) is 31.6 Å². The zero-order valence-corrected chi connectivity index (χ0v) is 13.0. The minimum atomic E-state index is 0.260. The molecule has 1 heterocycles. The predicted octanol–water partition coefficient (Wildman–Crippen LogP) is 2.71. The topological polar surface area (TPSA) is 37.4 Å². The van der Waals surface area contributed by atoms with Gasteiger partial charge in [0.1, 0.15) is 5.82 Å². The van der Waals surface area contributed by atoms with Crippen LogP contribution in [0.2, 0.25) is 5.02 Å². The summed E-state index contributed by atoms with van der Waals surface area (Å²) in [4.78, 5) is 6.66. The van der Waals surface area contributed by atoms with E-state index in [-0.39, 0.29) is 6.10 Å². The Morgan fingerprint density at radius 1 is 1.42 bits per heavy atom. The van der Waals surface area contributed by atoms with E-state index < -0.39 is 0 Å². The zero-order chi connectivity index (χ0) is 14.3. The number of ether oxygens (including phenoxy) is 1. The van der Waals surface area contributed by atoms with Crippen LogP contribution in [0.4, 0.5) is 5.82 Å². The third-order valence-electron chi connectivity index (χ3n) is 2.72. The van der Waals surface area contributed by atoms with Crippen LogP contribution in [-0.4, -0.2) is 37.8 Å². The monoisotopic (exact) mass is 285 g/mol. The predicted molar refractivity (Wildman–Crippen MR) is 81.0 cm³/mol. The van der Waals surface area contributed by atoms with Crippen molar-refractivity contribution in [3.05, 3.63) is 22.8 Å². The Morgan fingerprint density at radius 3 is 2.79 bits per heavy atom. The number of hydrogen-bond donors (Lipinski definition) is 1. The Hall–Kier alpha value is -0.840. The highest BCUT2D eigenvalue weighted by Gasteiger charge is 2.07. The molecule has 108 valence electrons. The molecule has 0 unspecified atom stereocenters. The molecular formula is C14H24ClN3O. The van der Waals surface area contributed by atoms with Crippen molar-refractivity contribution >= 4 is 17.4 Å². The summed E-state index contributed by atoms with van der Waals surface area (Å²) in [6.45, 7) is 9.24. The van der Waals surface area contributed by atoms with Crippen molar-refractivity contribution in [2.45, 2.75) is 33.4 Å². The molecule has 0 aliphatic rings. The number of anilines is 1. The molecular weight excluding hydrogens is 262 g/mol. The van der Waals surface area contributed by atoms with Crippen molar-refractivity contribution in [1.82, 2.24) is 10.3 Å². The normalized spacial score (nSPS) is 11.1. The molecule has 1 N–H and O–H groups in total. The minimum Gasteiger partial charge on any atom is -0.377 e. The fourth-order valence-electron chi connectivity index (χ4n) is 1.59. The molecule has 0 atom stereocenters. The molecule has 0 saturated carbocycles. The van der Waals surface area contributed by atoms with Gasteiger partial charge < -0.3 is 15.0 Å². The van der Waals surface area contributed by atoms with E-state index in [1.165, 1.54) is 0 Å². The molecule has 1 aromatic rings. The van der Waals surface area contributed by atoms with Crippen molar-refractivity contribution in [2.24, 2.45) is 0 Å². The molecule has 0 fully saturated rings. The second kappa shape index (κ2) is 8.35. The lowest BCUT2D eigenvalue weighted by molar-refractivity contribution is 0.0845. The Morgan fingerprint density at radius 2 is 2.16 bits per heavy atom. The first-order valence-corrected chi connectivity index (χ1v) is 7.11. The van der Waals surface area contributed by atoms with E-state index in [0.717, 1.165) is 24.6 Å². The molecule has 0 aliphatic heterocycles. The third-order valence-corrected chi connectivity index (χ3v) is 3.06. The molecule has 0 amide bonds. The SMILES string of the molecule is CCNCc1nc(N(C)CCOC(C)C)ccc1Cl. The van der Waals surface area contributed by atoms with Crippen LogP contribution in [0.5, 0.6) is 0 Å². The molecule has 0 aromatic carbocycles. The molecule has 4 nitrogen and oxygen atoms in total. The van der Waals surface area contributed by atoms with Gasteiger partial charge in [0.2, 0.25) is 0 Å². The van der Waals surface area contributed by atoms with Crippen LogP contribution in [0.15, 0.2) is 12.1 Å². The molecule has 0 bridgehead atoms. The quantitative estimate of drug-likeness (QED) is 0.797. The molecule has 1 rings (SSSR count). The van der Waals surface area contributed by atoms with Gasteiger partial charge in [-0.2, -0.15) is 0 Å². The fraction of sp³-hybridized carbons (Fsp3) is 0.643. The number of nitrogens with one attached hydrogen (secondary N) is 1. The van der Waals surface area contributed by atoms with Gasteiger partial charge in [0, 0.05) is 20.1 Å². The van der Waals surface area contributed by atoms with E-state index in [0.29, 0.717) is 18.2 Å². The molecule has 5 heteroatoms. The third kappa shape index (κ3) is 5.76. The van der Waals surface area contributed by atoms with Gasteiger partial charge in [-0.3, -0.25) is 0 Å². The number of pyridine rings is 1. The van der Waals surface area contributed by atoms with Gasteiger partial charge in [0.05, 0.1) is 23.4 Å². The van der Waals surface area contributed by atoms with Crippen LogP contribution in [0, 0.1) is 0 Å². The van der Waals surface area contributed by atoms with Crippen LogP contribution in [0.3, 0.4) is 0 Å². The Kier molecular flexibility index (Phi) is 7.13. The Balaban J connectivity index is 2.61. The summed E-state index contributed by atoms with van der Waals surface area (Å²) in [7, 11) is 2.01. The highest BCUT2D eigenvalue weighted by molar-refractivity contribution is 6.31. The number of hydrogen-bond acceptors (Lipinski definition) is 4. The summed E-state index contributed by atoms with van der Waals surface area (Å²) in [5, 5.41) is 3.94. The van der Waals surface area contributed by atoms with E-state index in [1.807, 2.05) is 33.0 Å². The lowest BCUT2D eigenvalue weighted by Crippen LogP contribution is -2.25. The largest absolute Gasteiger partial charge is 0.377 e. The average Bonchev–Trinajstić information content (AvgIpc) is 2.37. The van der Waals surface area contributed by atoms with Gasteiger partial charge in [-0.1, -0.05) is 18.5 Å². The van der Waals surface area contributed by atoms with Crippen molar-refractivity contribution in [3.8, 4) is 0 Å². The fourth-order valence-corrected chi connectivity index (χ4v) is 1.76. The van der Waals surface area contributed by atoms with Crippen LogP contribution >= 0.6 is 11.6 Å². The molecule has 0 aliphatic carbocycles.